The van der Waals surface area contributed by atoms with Gasteiger partial charge in [-0.3, -0.25) is 0 Å². The Labute approximate surface area is 168 Å². The lowest BCUT2D eigenvalue weighted by molar-refractivity contribution is 0.00323. The summed E-state index contributed by atoms with van der Waals surface area (Å²) in [5, 5.41) is 0. The van der Waals surface area contributed by atoms with E-state index in [0.717, 1.165) is 13.0 Å². The standard InChI is InChI=1S/C20H43ClO4Si/c1-22-14-15-24-18-19-25-17-16-23-13-11-9-7-5-4-6-8-10-12-20-26(2,3)21/h4-20H2,1-3H3. The van der Waals surface area contributed by atoms with Crippen LogP contribution in [0.4, 0.5) is 0 Å². The van der Waals surface area contributed by atoms with E-state index in [1.165, 1.54) is 57.4 Å². The molecule has 0 aromatic carbocycles. The molecule has 0 unspecified atom stereocenters. The van der Waals surface area contributed by atoms with E-state index in [1.807, 2.05) is 0 Å². The maximum Gasteiger partial charge on any atom is 0.150 e. The Morgan fingerprint density at radius 1 is 0.538 bits per heavy atom. The summed E-state index contributed by atoms with van der Waals surface area (Å²) in [6, 6.07) is 1.27. The highest BCUT2D eigenvalue weighted by Gasteiger charge is 2.15. The van der Waals surface area contributed by atoms with E-state index in [9.17, 15) is 0 Å². The lowest BCUT2D eigenvalue weighted by Crippen LogP contribution is -2.14. The van der Waals surface area contributed by atoms with Gasteiger partial charge in [0, 0.05) is 13.7 Å². The topological polar surface area (TPSA) is 36.9 Å². The molecule has 0 aromatic heterocycles. The van der Waals surface area contributed by atoms with Gasteiger partial charge in [-0.2, -0.15) is 11.1 Å². The molecule has 0 rings (SSSR count). The zero-order valence-electron chi connectivity index (χ0n) is 17.5. The third-order valence-electron chi connectivity index (χ3n) is 4.24. The summed E-state index contributed by atoms with van der Waals surface area (Å²) in [4.78, 5) is 0. The van der Waals surface area contributed by atoms with Crippen molar-refractivity contribution in [1.29, 1.82) is 0 Å². The first-order valence-corrected chi connectivity index (χ1v) is 14.7. The lowest BCUT2D eigenvalue weighted by Gasteiger charge is -2.11. The molecule has 0 saturated carbocycles. The van der Waals surface area contributed by atoms with Gasteiger partial charge in [-0.1, -0.05) is 64.5 Å². The molecule has 0 aromatic rings. The second-order valence-corrected chi connectivity index (χ2v) is 14.5. The molecule has 0 heterocycles. The molecule has 0 bridgehead atoms. The quantitative estimate of drug-likeness (QED) is 0.139. The number of rotatable bonds is 21. The highest BCUT2D eigenvalue weighted by atomic mass is 35.6. The molecule has 0 aliphatic carbocycles. The van der Waals surface area contributed by atoms with Crippen molar-refractivity contribution in [2.75, 3.05) is 53.4 Å². The molecule has 4 nitrogen and oxygen atoms in total. The van der Waals surface area contributed by atoms with Gasteiger partial charge in [0.1, 0.15) is 7.38 Å². The minimum Gasteiger partial charge on any atom is -0.382 e. The molecule has 0 fully saturated rings. The highest BCUT2D eigenvalue weighted by molar-refractivity contribution is 7.19. The van der Waals surface area contributed by atoms with E-state index in [2.05, 4.69) is 13.1 Å². The second-order valence-electron chi connectivity index (χ2n) is 7.48. The van der Waals surface area contributed by atoms with Gasteiger partial charge in [0.15, 0.2) is 0 Å². The van der Waals surface area contributed by atoms with Crippen molar-refractivity contribution in [3.8, 4) is 0 Å². The largest absolute Gasteiger partial charge is 0.382 e. The average molecular weight is 411 g/mol. The van der Waals surface area contributed by atoms with Crippen molar-refractivity contribution in [2.24, 2.45) is 0 Å². The van der Waals surface area contributed by atoms with Crippen LogP contribution in [-0.4, -0.2) is 60.7 Å². The van der Waals surface area contributed by atoms with Crippen LogP contribution in [0.5, 0.6) is 0 Å². The molecule has 0 aliphatic heterocycles. The molecule has 0 atom stereocenters. The van der Waals surface area contributed by atoms with Crippen LogP contribution in [0.3, 0.4) is 0 Å². The number of unbranched alkanes of at least 4 members (excludes halogenated alkanes) is 8. The van der Waals surface area contributed by atoms with Crippen molar-refractivity contribution < 1.29 is 18.9 Å². The molecule has 26 heavy (non-hydrogen) atoms. The molecule has 0 N–H and O–H groups in total. The van der Waals surface area contributed by atoms with Crippen LogP contribution >= 0.6 is 11.1 Å². The SMILES string of the molecule is COCCOCCOCCOCCCCCCCCCCC[Si](C)(C)Cl. The van der Waals surface area contributed by atoms with Gasteiger partial charge in [-0.05, 0) is 12.5 Å². The summed E-state index contributed by atoms with van der Waals surface area (Å²) < 4.78 is 21.2. The molecule has 0 amide bonds. The van der Waals surface area contributed by atoms with Gasteiger partial charge >= 0.3 is 0 Å². The highest BCUT2D eigenvalue weighted by Crippen LogP contribution is 2.19. The summed E-state index contributed by atoms with van der Waals surface area (Å²) >= 11 is 6.33. The Kier molecular flexibility index (Phi) is 20.4. The second kappa shape index (κ2) is 20.1. The fourth-order valence-corrected chi connectivity index (χ4v) is 4.16. The maximum atomic E-state index is 6.33. The average Bonchev–Trinajstić information content (AvgIpc) is 2.59. The Morgan fingerprint density at radius 2 is 0.923 bits per heavy atom. The third-order valence-corrected chi connectivity index (χ3v) is 6.35. The number of halogens is 1. The summed E-state index contributed by atoms with van der Waals surface area (Å²) in [5.41, 5.74) is 0. The summed E-state index contributed by atoms with van der Waals surface area (Å²) in [6.45, 7) is 9.18. The van der Waals surface area contributed by atoms with E-state index in [4.69, 9.17) is 30.0 Å². The van der Waals surface area contributed by atoms with Crippen molar-refractivity contribution in [3.63, 3.8) is 0 Å². The van der Waals surface area contributed by atoms with Crippen molar-refractivity contribution in [2.45, 2.75) is 76.9 Å². The van der Waals surface area contributed by atoms with E-state index < -0.39 is 7.38 Å². The number of ether oxygens (including phenoxy) is 4. The Hall–Kier alpha value is 0.347. The van der Waals surface area contributed by atoms with Gasteiger partial charge in [0.25, 0.3) is 0 Å². The molecule has 0 saturated heterocycles. The molecule has 0 radical (unpaired) electrons. The first-order chi connectivity index (χ1) is 12.6. The first-order valence-electron chi connectivity index (χ1n) is 10.5. The Morgan fingerprint density at radius 3 is 1.38 bits per heavy atom. The third kappa shape index (κ3) is 24.3. The molecule has 6 heteroatoms. The Balaban J connectivity index is 3.01. The number of hydrogen-bond donors (Lipinski definition) is 0. The van der Waals surface area contributed by atoms with Crippen LogP contribution in [0, 0.1) is 0 Å². The van der Waals surface area contributed by atoms with Gasteiger partial charge < -0.3 is 18.9 Å². The fraction of sp³-hybridized carbons (Fsp3) is 1.00. The van der Waals surface area contributed by atoms with Crippen molar-refractivity contribution >= 4 is 18.5 Å². The smallest absolute Gasteiger partial charge is 0.150 e. The van der Waals surface area contributed by atoms with Crippen molar-refractivity contribution in [3.05, 3.63) is 0 Å². The van der Waals surface area contributed by atoms with Gasteiger partial charge in [0.2, 0.25) is 0 Å². The number of methoxy groups -OCH3 is 1. The predicted molar refractivity (Wildman–Crippen MR) is 114 cm³/mol. The number of hydrogen-bond acceptors (Lipinski definition) is 4. The van der Waals surface area contributed by atoms with Crippen LogP contribution in [0.15, 0.2) is 0 Å². The zero-order valence-corrected chi connectivity index (χ0v) is 19.3. The van der Waals surface area contributed by atoms with Crippen LogP contribution in [0.1, 0.15) is 57.8 Å². The molecular formula is C20H43ClO4Si. The Bertz CT molecular complexity index is 275. The van der Waals surface area contributed by atoms with Crippen LogP contribution in [-0.2, 0) is 18.9 Å². The van der Waals surface area contributed by atoms with Gasteiger partial charge in [-0.25, -0.2) is 0 Å². The molecular weight excluding hydrogens is 368 g/mol. The van der Waals surface area contributed by atoms with Crippen LogP contribution < -0.4 is 0 Å². The summed E-state index contributed by atoms with van der Waals surface area (Å²) in [7, 11) is 0.343. The maximum absolute atomic E-state index is 6.33. The van der Waals surface area contributed by atoms with Gasteiger partial charge in [-0.15, -0.1) is 0 Å². The summed E-state index contributed by atoms with van der Waals surface area (Å²) in [6.07, 6.45) is 12.0. The van der Waals surface area contributed by atoms with Crippen LogP contribution in [0.2, 0.25) is 19.1 Å². The fourth-order valence-electron chi connectivity index (χ4n) is 2.67. The van der Waals surface area contributed by atoms with Gasteiger partial charge in [0.05, 0.1) is 39.6 Å². The minimum atomic E-state index is -1.33. The minimum absolute atomic E-state index is 0.621. The molecule has 0 aliphatic rings. The molecule has 158 valence electrons. The van der Waals surface area contributed by atoms with E-state index in [-0.39, 0.29) is 0 Å². The van der Waals surface area contributed by atoms with E-state index >= 15 is 0 Å². The predicted octanol–water partition coefficient (Wildman–Crippen LogP) is 5.64. The zero-order chi connectivity index (χ0) is 19.3. The first kappa shape index (κ1) is 26.3. The normalized spacial score (nSPS) is 12.0. The van der Waals surface area contributed by atoms with E-state index in [1.54, 1.807) is 7.11 Å². The van der Waals surface area contributed by atoms with Crippen molar-refractivity contribution in [1.82, 2.24) is 0 Å². The van der Waals surface area contributed by atoms with Crippen LogP contribution in [0.25, 0.3) is 0 Å². The van der Waals surface area contributed by atoms with E-state index in [0.29, 0.717) is 39.6 Å². The lowest BCUT2D eigenvalue weighted by atomic mass is 10.1. The molecule has 0 spiro atoms. The summed E-state index contributed by atoms with van der Waals surface area (Å²) in [5.74, 6) is 0. The monoisotopic (exact) mass is 410 g/mol.